The minimum absolute atomic E-state index is 0.0297. The Hall–Kier alpha value is -0.120. The molecule has 0 unspecified atom stereocenters. The van der Waals surface area contributed by atoms with Crippen molar-refractivity contribution in [2.75, 3.05) is 19.8 Å². The van der Waals surface area contributed by atoms with Crippen LogP contribution in [0.4, 0.5) is 0 Å². The van der Waals surface area contributed by atoms with E-state index in [2.05, 4.69) is 6.92 Å². The Bertz CT molecular complexity index is 252. The highest BCUT2D eigenvalue weighted by Gasteiger charge is 2.27. The number of hydrogen-bond donors (Lipinski definition) is 3. The van der Waals surface area contributed by atoms with Gasteiger partial charge in [0.2, 0.25) is 0 Å². The molecule has 152 valence electrons. The number of aliphatic hydroxyl groups is 3. The first-order valence-corrected chi connectivity index (χ1v) is 11.1. The summed E-state index contributed by atoms with van der Waals surface area (Å²) in [5.41, 5.74) is -0.375. The summed E-state index contributed by atoms with van der Waals surface area (Å²) in [5, 5.41) is 28.1. The zero-order valence-electron chi connectivity index (χ0n) is 17.0. The normalized spacial score (nSPS) is 12.0. The van der Waals surface area contributed by atoms with Gasteiger partial charge in [-0.15, -0.1) is 0 Å². The number of rotatable bonds is 20. The first-order valence-electron chi connectivity index (χ1n) is 11.1. The van der Waals surface area contributed by atoms with Gasteiger partial charge in [-0.05, 0) is 19.3 Å². The largest absolute Gasteiger partial charge is 0.396 e. The van der Waals surface area contributed by atoms with E-state index in [0.717, 1.165) is 19.3 Å². The first kappa shape index (κ1) is 24.9. The highest BCUT2D eigenvalue weighted by Crippen LogP contribution is 2.30. The van der Waals surface area contributed by atoms with Crippen molar-refractivity contribution in [1.29, 1.82) is 0 Å². The molecule has 0 heterocycles. The molecular formula is C22H46O3. The van der Waals surface area contributed by atoms with Crippen LogP contribution in [0.2, 0.25) is 0 Å². The van der Waals surface area contributed by atoms with Crippen LogP contribution in [0.5, 0.6) is 0 Å². The molecule has 0 aromatic carbocycles. The molecule has 0 rings (SSSR count). The van der Waals surface area contributed by atoms with Crippen molar-refractivity contribution in [3.63, 3.8) is 0 Å². The predicted molar refractivity (Wildman–Crippen MR) is 108 cm³/mol. The minimum Gasteiger partial charge on any atom is -0.396 e. The Balaban J connectivity index is 3.39. The smallest absolute Gasteiger partial charge is 0.0509 e. The summed E-state index contributed by atoms with van der Waals surface area (Å²) in [5.74, 6) is 0. The molecule has 0 aliphatic heterocycles. The highest BCUT2D eigenvalue weighted by molar-refractivity contribution is 4.77. The number of aliphatic hydroxyl groups excluding tert-OH is 3. The van der Waals surface area contributed by atoms with E-state index in [1.807, 2.05) is 0 Å². The second kappa shape index (κ2) is 18.7. The van der Waals surface area contributed by atoms with Crippen LogP contribution in [-0.4, -0.2) is 35.1 Å². The topological polar surface area (TPSA) is 60.7 Å². The number of unbranched alkanes of at least 4 members (excludes halogenated alkanes) is 13. The molecule has 0 atom stereocenters. The third-order valence-electron chi connectivity index (χ3n) is 5.60. The van der Waals surface area contributed by atoms with Crippen molar-refractivity contribution in [1.82, 2.24) is 0 Å². The Morgan fingerprint density at radius 3 is 1.20 bits per heavy atom. The Kier molecular flexibility index (Phi) is 18.6. The first-order chi connectivity index (χ1) is 12.2. The molecule has 0 fully saturated rings. The van der Waals surface area contributed by atoms with Gasteiger partial charge in [0, 0.05) is 12.0 Å². The molecule has 0 aliphatic rings. The molecule has 3 heteroatoms. The van der Waals surface area contributed by atoms with Gasteiger partial charge >= 0.3 is 0 Å². The fourth-order valence-electron chi connectivity index (χ4n) is 3.64. The minimum atomic E-state index is -0.375. The molecule has 0 saturated carbocycles. The van der Waals surface area contributed by atoms with Gasteiger partial charge in [0.05, 0.1) is 13.2 Å². The molecule has 3 N–H and O–H groups in total. The highest BCUT2D eigenvalue weighted by atomic mass is 16.3. The molecular weight excluding hydrogens is 312 g/mol. The summed E-state index contributed by atoms with van der Waals surface area (Å²) < 4.78 is 0. The molecule has 0 aromatic heterocycles. The molecule has 0 aliphatic carbocycles. The van der Waals surface area contributed by atoms with Gasteiger partial charge in [-0.3, -0.25) is 0 Å². The van der Waals surface area contributed by atoms with Crippen molar-refractivity contribution in [3.05, 3.63) is 0 Å². The van der Waals surface area contributed by atoms with E-state index in [1.165, 1.54) is 83.5 Å². The fourth-order valence-corrected chi connectivity index (χ4v) is 3.64. The summed E-state index contributed by atoms with van der Waals surface area (Å²) in [4.78, 5) is 0. The third-order valence-corrected chi connectivity index (χ3v) is 5.60. The fraction of sp³-hybridized carbons (Fsp3) is 1.00. The van der Waals surface area contributed by atoms with E-state index in [1.54, 1.807) is 0 Å². The molecule has 0 saturated heterocycles. The van der Waals surface area contributed by atoms with E-state index in [9.17, 15) is 10.2 Å². The molecule has 0 bridgehead atoms. The van der Waals surface area contributed by atoms with Gasteiger partial charge in [0.1, 0.15) is 0 Å². The van der Waals surface area contributed by atoms with Crippen molar-refractivity contribution < 1.29 is 15.3 Å². The van der Waals surface area contributed by atoms with Gasteiger partial charge in [-0.1, -0.05) is 96.8 Å². The lowest BCUT2D eigenvalue weighted by molar-refractivity contribution is 0.0321. The van der Waals surface area contributed by atoms with Crippen LogP contribution in [0.3, 0.4) is 0 Å². The van der Waals surface area contributed by atoms with Crippen LogP contribution in [-0.2, 0) is 0 Å². The monoisotopic (exact) mass is 358 g/mol. The third kappa shape index (κ3) is 14.7. The molecule has 25 heavy (non-hydrogen) atoms. The van der Waals surface area contributed by atoms with Crippen LogP contribution in [0.15, 0.2) is 0 Å². The molecule has 0 amide bonds. The molecule has 0 aromatic rings. The summed E-state index contributed by atoms with van der Waals surface area (Å²) in [6.07, 6.45) is 21.1. The summed E-state index contributed by atoms with van der Waals surface area (Å²) in [6, 6.07) is 0. The Morgan fingerprint density at radius 1 is 0.480 bits per heavy atom. The quantitative estimate of drug-likeness (QED) is 0.248. The van der Waals surface area contributed by atoms with E-state index < -0.39 is 0 Å². The summed E-state index contributed by atoms with van der Waals surface area (Å²) >= 11 is 0. The Labute approximate surface area is 157 Å². The Morgan fingerprint density at radius 2 is 0.840 bits per heavy atom. The second-order valence-corrected chi connectivity index (χ2v) is 7.99. The summed E-state index contributed by atoms with van der Waals surface area (Å²) in [6.45, 7) is 2.47. The van der Waals surface area contributed by atoms with E-state index >= 15 is 0 Å². The maximum Gasteiger partial charge on any atom is 0.0509 e. The van der Waals surface area contributed by atoms with Gasteiger partial charge in [0.25, 0.3) is 0 Å². The lowest BCUT2D eigenvalue weighted by Crippen LogP contribution is -2.30. The molecule has 0 spiro atoms. The van der Waals surface area contributed by atoms with Crippen LogP contribution in [0.25, 0.3) is 0 Å². The van der Waals surface area contributed by atoms with E-state index in [0.29, 0.717) is 6.42 Å². The predicted octanol–water partition coefficient (Wildman–Crippen LogP) is 5.60. The van der Waals surface area contributed by atoms with Crippen molar-refractivity contribution in [3.8, 4) is 0 Å². The van der Waals surface area contributed by atoms with Crippen LogP contribution in [0.1, 0.15) is 116 Å². The van der Waals surface area contributed by atoms with Crippen LogP contribution in [0, 0.1) is 5.41 Å². The van der Waals surface area contributed by atoms with E-state index in [4.69, 9.17) is 5.11 Å². The number of hydrogen-bond acceptors (Lipinski definition) is 3. The average Bonchev–Trinajstić information content (AvgIpc) is 2.65. The maximum atomic E-state index is 9.57. The zero-order valence-corrected chi connectivity index (χ0v) is 17.0. The van der Waals surface area contributed by atoms with Gasteiger partial charge < -0.3 is 15.3 Å². The SMILES string of the molecule is CCCCCCCCCCCCCCCCC(CO)(CO)CCCO. The van der Waals surface area contributed by atoms with Crippen LogP contribution < -0.4 is 0 Å². The van der Waals surface area contributed by atoms with Gasteiger partial charge in [-0.2, -0.15) is 0 Å². The lowest BCUT2D eigenvalue weighted by Gasteiger charge is -2.29. The van der Waals surface area contributed by atoms with Crippen molar-refractivity contribution >= 4 is 0 Å². The van der Waals surface area contributed by atoms with Crippen molar-refractivity contribution in [2.45, 2.75) is 116 Å². The van der Waals surface area contributed by atoms with Gasteiger partial charge in [-0.25, -0.2) is 0 Å². The van der Waals surface area contributed by atoms with Gasteiger partial charge in [0.15, 0.2) is 0 Å². The van der Waals surface area contributed by atoms with Crippen molar-refractivity contribution in [2.24, 2.45) is 5.41 Å². The maximum absolute atomic E-state index is 9.57. The standard InChI is InChI=1S/C22H46O3/c1-2-3-4-5-6-7-8-9-10-11-12-13-14-15-17-22(20-24,21-25)18-16-19-23/h23-25H,2-21H2,1H3. The van der Waals surface area contributed by atoms with Crippen LogP contribution >= 0.6 is 0 Å². The second-order valence-electron chi connectivity index (χ2n) is 7.99. The lowest BCUT2D eigenvalue weighted by atomic mass is 9.80. The zero-order chi connectivity index (χ0) is 18.6. The van der Waals surface area contributed by atoms with E-state index in [-0.39, 0.29) is 25.2 Å². The molecule has 0 radical (unpaired) electrons. The summed E-state index contributed by atoms with van der Waals surface area (Å²) in [7, 11) is 0. The molecule has 3 nitrogen and oxygen atoms in total. The average molecular weight is 359 g/mol.